The maximum atomic E-state index is 12.3. The number of benzene rings is 1. The van der Waals surface area contributed by atoms with Crippen molar-refractivity contribution in [3.8, 4) is 0 Å². The van der Waals surface area contributed by atoms with Gasteiger partial charge in [-0.25, -0.2) is 14.8 Å². The molecule has 154 valence electrons. The maximum absolute atomic E-state index is 12.3. The van der Waals surface area contributed by atoms with E-state index in [2.05, 4.69) is 25.5 Å². The molecular weight excluding hydrogens is 394 g/mol. The van der Waals surface area contributed by atoms with Gasteiger partial charge in [0, 0.05) is 43.5 Å². The summed E-state index contributed by atoms with van der Waals surface area (Å²) in [4.78, 5) is 23.4. The van der Waals surface area contributed by atoms with Gasteiger partial charge in [0.2, 0.25) is 0 Å². The number of carbonyl (C=O) groups excluding carboxylic acids is 1. The topological polar surface area (TPSA) is 70.2 Å². The molecule has 0 aliphatic carbocycles. The third-order valence-corrected chi connectivity index (χ3v) is 5.92. The highest BCUT2D eigenvalue weighted by molar-refractivity contribution is 7.98. The lowest BCUT2D eigenvalue weighted by Crippen LogP contribution is -2.28. The minimum absolute atomic E-state index is 0.229. The van der Waals surface area contributed by atoms with Crippen molar-refractivity contribution in [2.75, 3.05) is 23.3 Å². The molecule has 3 heterocycles. The maximum Gasteiger partial charge on any atom is 0.319 e. The number of hydrogen-bond acceptors (Lipinski definition) is 5. The van der Waals surface area contributed by atoms with Gasteiger partial charge in [0.1, 0.15) is 5.82 Å². The van der Waals surface area contributed by atoms with E-state index in [-0.39, 0.29) is 6.03 Å². The molecule has 0 bridgehead atoms. The molecule has 2 N–H and O–H groups in total. The summed E-state index contributed by atoms with van der Waals surface area (Å²) < 4.78 is 0. The highest BCUT2D eigenvalue weighted by Crippen LogP contribution is 2.22. The number of amides is 2. The van der Waals surface area contributed by atoms with E-state index in [1.165, 1.54) is 12.8 Å². The van der Waals surface area contributed by atoms with Crippen molar-refractivity contribution in [3.63, 3.8) is 0 Å². The Hall–Kier alpha value is -3.06. The standard InChI is InChI=1S/C23H25N5OS/c29-23(26-16-19-9-10-21(25-15-19)28-12-3-4-13-28)27-20-7-5-6-18(14-20)17-30-22-8-1-2-11-24-22/h1-2,5-11,14-15H,3-4,12-13,16-17H2,(H2,26,27,29). The molecule has 0 saturated carbocycles. The number of aromatic nitrogens is 2. The van der Waals surface area contributed by atoms with Crippen LogP contribution in [0.5, 0.6) is 0 Å². The molecule has 1 fully saturated rings. The molecule has 1 aliphatic rings. The highest BCUT2D eigenvalue weighted by atomic mass is 32.2. The molecule has 0 radical (unpaired) electrons. The summed E-state index contributed by atoms with van der Waals surface area (Å²) in [5.41, 5.74) is 2.88. The number of hydrogen-bond donors (Lipinski definition) is 2. The fourth-order valence-electron chi connectivity index (χ4n) is 3.34. The van der Waals surface area contributed by atoms with E-state index in [0.717, 1.165) is 46.5 Å². The zero-order chi connectivity index (χ0) is 20.6. The molecule has 4 rings (SSSR count). The van der Waals surface area contributed by atoms with Crippen LogP contribution < -0.4 is 15.5 Å². The fourth-order valence-corrected chi connectivity index (χ4v) is 4.15. The molecule has 7 heteroatoms. The van der Waals surface area contributed by atoms with E-state index < -0.39 is 0 Å². The lowest BCUT2D eigenvalue weighted by Gasteiger charge is -2.16. The Morgan fingerprint density at radius 3 is 2.67 bits per heavy atom. The van der Waals surface area contributed by atoms with Crippen molar-refractivity contribution in [3.05, 3.63) is 78.1 Å². The lowest BCUT2D eigenvalue weighted by molar-refractivity contribution is 0.251. The Morgan fingerprint density at radius 1 is 1.00 bits per heavy atom. The number of thioether (sulfide) groups is 1. The SMILES string of the molecule is O=C(NCc1ccc(N2CCCC2)nc1)Nc1cccc(CSc2ccccn2)c1. The number of nitrogens with zero attached hydrogens (tertiary/aromatic N) is 3. The van der Waals surface area contributed by atoms with Gasteiger partial charge in [-0.2, -0.15) is 0 Å². The quantitative estimate of drug-likeness (QED) is 0.544. The molecule has 0 spiro atoms. The van der Waals surface area contributed by atoms with Crippen LogP contribution >= 0.6 is 11.8 Å². The van der Waals surface area contributed by atoms with Crippen molar-refractivity contribution in [1.82, 2.24) is 15.3 Å². The summed E-state index contributed by atoms with van der Waals surface area (Å²) in [5.74, 6) is 1.81. The van der Waals surface area contributed by atoms with Crippen LogP contribution in [0.3, 0.4) is 0 Å². The summed E-state index contributed by atoms with van der Waals surface area (Å²) in [7, 11) is 0. The van der Waals surface area contributed by atoms with Gasteiger partial charge in [-0.05, 0) is 54.3 Å². The van der Waals surface area contributed by atoms with Gasteiger partial charge < -0.3 is 15.5 Å². The van der Waals surface area contributed by atoms with Crippen molar-refractivity contribution >= 4 is 29.3 Å². The molecule has 1 aromatic carbocycles. The van der Waals surface area contributed by atoms with Crippen molar-refractivity contribution in [1.29, 1.82) is 0 Å². The molecule has 2 aromatic heterocycles. The Morgan fingerprint density at radius 2 is 1.90 bits per heavy atom. The van der Waals surface area contributed by atoms with Crippen LogP contribution in [0.4, 0.5) is 16.3 Å². The largest absolute Gasteiger partial charge is 0.357 e. The molecule has 0 atom stereocenters. The van der Waals surface area contributed by atoms with Gasteiger partial charge in [-0.1, -0.05) is 24.3 Å². The van der Waals surface area contributed by atoms with E-state index >= 15 is 0 Å². The number of rotatable bonds is 7. The normalized spacial score (nSPS) is 13.3. The Balaban J connectivity index is 1.25. The third kappa shape index (κ3) is 5.73. The second-order valence-electron chi connectivity index (χ2n) is 7.18. The Bertz CT molecular complexity index is 959. The van der Waals surface area contributed by atoms with Gasteiger partial charge in [-0.3, -0.25) is 0 Å². The molecule has 2 amide bonds. The highest BCUT2D eigenvalue weighted by Gasteiger charge is 2.13. The van der Waals surface area contributed by atoms with Crippen molar-refractivity contribution in [2.45, 2.75) is 30.2 Å². The van der Waals surface area contributed by atoms with Gasteiger partial charge in [0.25, 0.3) is 0 Å². The lowest BCUT2D eigenvalue weighted by atomic mass is 10.2. The first-order chi connectivity index (χ1) is 14.8. The monoisotopic (exact) mass is 419 g/mol. The fraction of sp³-hybridized carbons (Fsp3) is 0.261. The molecule has 3 aromatic rings. The number of carbonyl (C=O) groups is 1. The van der Waals surface area contributed by atoms with E-state index in [1.807, 2.05) is 60.8 Å². The second-order valence-corrected chi connectivity index (χ2v) is 8.18. The van der Waals surface area contributed by atoms with Gasteiger partial charge in [0.05, 0.1) is 5.03 Å². The van der Waals surface area contributed by atoms with Gasteiger partial charge >= 0.3 is 6.03 Å². The van der Waals surface area contributed by atoms with Crippen molar-refractivity contribution in [2.24, 2.45) is 0 Å². The zero-order valence-corrected chi connectivity index (χ0v) is 17.6. The average Bonchev–Trinajstić information content (AvgIpc) is 3.33. The number of anilines is 2. The molecular formula is C23H25N5OS. The summed E-state index contributed by atoms with van der Waals surface area (Å²) in [6.07, 6.45) is 6.09. The predicted molar refractivity (Wildman–Crippen MR) is 122 cm³/mol. The summed E-state index contributed by atoms with van der Waals surface area (Å²) in [6, 6.07) is 17.6. The van der Waals surface area contributed by atoms with Crippen LogP contribution in [-0.4, -0.2) is 29.1 Å². The van der Waals surface area contributed by atoms with Crippen molar-refractivity contribution < 1.29 is 4.79 Å². The Labute approximate surface area is 181 Å². The van der Waals surface area contributed by atoms with Crippen LogP contribution in [0.2, 0.25) is 0 Å². The van der Waals surface area contributed by atoms with E-state index in [9.17, 15) is 4.79 Å². The Kier molecular flexibility index (Phi) is 6.82. The number of nitrogens with one attached hydrogen (secondary N) is 2. The third-order valence-electron chi connectivity index (χ3n) is 4.90. The van der Waals surface area contributed by atoms with Gasteiger partial charge in [0.15, 0.2) is 0 Å². The van der Waals surface area contributed by atoms with E-state index in [0.29, 0.717) is 6.54 Å². The average molecular weight is 420 g/mol. The molecule has 1 saturated heterocycles. The van der Waals surface area contributed by atoms with Crippen LogP contribution in [0.1, 0.15) is 24.0 Å². The van der Waals surface area contributed by atoms with Gasteiger partial charge in [-0.15, -0.1) is 11.8 Å². The first kappa shape index (κ1) is 20.2. The van der Waals surface area contributed by atoms with E-state index in [1.54, 1.807) is 18.0 Å². The van der Waals surface area contributed by atoms with Crippen LogP contribution in [0.25, 0.3) is 0 Å². The van der Waals surface area contributed by atoms with Crippen LogP contribution in [-0.2, 0) is 12.3 Å². The van der Waals surface area contributed by atoms with E-state index in [4.69, 9.17) is 0 Å². The second kappa shape index (κ2) is 10.1. The summed E-state index contributed by atoms with van der Waals surface area (Å²) >= 11 is 1.67. The van der Waals surface area contributed by atoms with Crippen LogP contribution in [0, 0.1) is 0 Å². The molecule has 0 unspecified atom stereocenters. The first-order valence-corrected chi connectivity index (χ1v) is 11.1. The zero-order valence-electron chi connectivity index (χ0n) is 16.8. The molecule has 30 heavy (non-hydrogen) atoms. The molecule has 6 nitrogen and oxygen atoms in total. The predicted octanol–water partition coefficient (Wildman–Crippen LogP) is 4.69. The number of pyridine rings is 2. The summed E-state index contributed by atoms with van der Waals surface area (Å²) in [6.45, 7) is 2.59. The minimum atomic E-state index is -0.229. The minimum Gasteiger partial charge on any atom is -0.357 e. The first-order valence-electron chi connectivity index (χ1n) is 10.1. The number of urea groups is 1. The molecule has 1 aliphatic heterocycles. The smallest absolute Gasteiger partial charge is 0.319 e. The van der Waals surface area contributed by atoms with Crippen LogP contribution in [0.15, 0.2) is 72.0 Å². The summed E-state index contributed by atoms with van der Waals surface area (Å²) in [5, 5.41) is 6.78.